The molecule has 0 unspecified atom stereocenters. The number of para-hydroxylation sites is 2. The average Bonchev–Trinajstić information content (AvgIpc) is 3.11. The topological polar surface area (TPSA) is 63.5 Å². The van der Waals surface area contributed by atoms with Crippen molar-refractivity contribution >= 4 is 5.96 Å². The number of aromatic nitrogens is 2. The molecule has 6 nitrogen and oxygen atoms in total. The van der Waals surface area contributed by atoms with Crippen molar-refractivity contribution in [1.82, 2.24) is 20.4 Å². The highest BCUT2D eigenvalue weighted by molar-refractivity contribution is 5.79. The normalized spacial score (nSPS) is 11.3. The Labute approximate surface area is 159 Å². The van der Waals surface area contributed by atoms with Crippen molar-refractivity contribution < 1.29 is 4.74 Å². The summed E-state index contributed by atoms with van der Waals surface area (Å²) in [5, 5.41) is 10.8. The van der Waals surface area contributed by atoms with E-state index in [1.807, 2.05) is 79.3 Å². The fraction of sp³-hybridized carbons (Fsp3) is 0.238. The number of aliphatic imine (C=N–C) groups is 1. The van der Waals surface area contributed by atoms with Crippen molar-refractivity contribution in [1.29, 1.82) is 0 Å². The summed E-state index contributed by atoms with van der Waals surface area (Å²) in [6.07, 6.45) is 1.79. The molecule has 0 amide bonds. The molecule has 0 atom stereocenters. The van der Waals surface area contributed by atoms with Crippen molar-refractivity contribution in [3.63, 3.8) is 0 Å². The summed E-state index contributed by atoms with van der Waals surface area (Å²) in [7, 11) is 1.93. The second kappa shape index (κ2) is 9.43. The van der Waals surface area contributed by atoms with Crippen molar-refractivity contribution in [3.8, 4) is 11.5 Å². The van der Waals surface area contributed by atoms with Gasteiger partial charge in [0.2, 0.25) is 0 Å². The molecule has 0 radical (unpaired) electrons. The molecule has 2 N–H and O–H groups in total. The molecule has 1 aromatic heterocycles. The summed E-state index contributed by atoms with van der Waals surface area (Å²) in [6, 6.07) is 19.7. The highest BCUT2D eigenvalue weighted by atomic mass is 16.5. The minimum atomic E-state index is 0.518. The van der Waals surface area contributed by atoms with Crippen LogP contribution in [-0.2, 0) is 20.1 Å². The number of hydrogen-bond donors (Lipinski definition) is 2. The van der Waals surface area contributed by atoms with E-state index < -0.39 is 0 Å². The van der Waals surface area contributed by atoms with Gasteiger partial charge in [0.05, 0.1) is 18.8 Å². The first-order valence-electron chi connectivity index (χ1n) is 9.06. The van der Waals surface area contributed by atoms with Gasteiger partial charge in [0.25, 0.3) is 0 Å². The number of nitrogens with zero attached hydrogens (tertiary/aromatic N) is 3. The smallest absolute Gasteiger partial charge is 0.191 e. The van der Waals surface area contributed by atoms with E-state index in [9.17, 15) is 0 Å². The standard InChI is InChI=1S/C21H25N5O/c1-3-22-21(24-16-18-13-14-25-26(18)2)23-15-17-9-7-8-12-20(17)27-19-10-5-4-6-11-19/h4-14H,3,15-16H2,1-2H3,(H2,22,23,24). The van der Waals surface area contributed by atoms with Gasteiger partial charge in [-0.15, -0.1) is 0 Å². The molecule has 1 heterocycles. The number of guanidine groups is 1. The van der Waals surface area contributed by atoms with Crippen LogP contribution in [0.4, 0.5) is 0 Å². The Morgan fingerprint density at radius 3 is 2.56 bits per heavy atom. The number of benzene rings is 2. The molecule has 0 aliphatic rings. The monoisotopic (exact) mass is 363 g/mol. The van der Waals surface area contributed by atoms with Gasteiger partial charge in [-0.3, -0.25) is 4.68 Å². The Hall–Kier alpha value is -3.28. The molecule has 3 rings (SSSR count). The van der Waals surface area contributed by atoms with Gasteiger partial charge in [0, 0.05) is 25.4 Å². The number of ether oxygens (including phenoxy) is 1. The summed E-state index contributed by atoms with van der Waals surface area (Å²) < 4.78 is 7.86. The van der Waals surface area contributed by atoms with Crippen LogP contribution in [0.1, 0.15) is 18.2 Å². The minimum absolute atomic E-state index is 0.518. The summed E-state index contributed by atoms with van der Waals surface area (Å²) in [4.78, 5) is 4.70. The molecule has 0 saturated heterocycles. The Kier molecular flexibility index (Phi) is 6.46. The van der Waals surface area contributed by atoms with Crippen LogP contribution in [0.2, 0.25) is 0 Å². The lowest BCUT2D eigenvalue weighted by Gasteiger charge is -2.13. The van der Waals surface area contributed by atoms with Gasteiger partial charge >= 0.3 is 0 Å². The zero-order valence-corrected chi connectivity index (χ0v) is 15.7. The molecular weight excluding hydrogens is 338 g/mol. The first-order chi connectivity index (χ1) is 13.3. The molecule has 0 fully saturated rings. The summed E-state index contributed by atoms with van der Waals surface area (Å²) in [5.41, 5.74) is 2.12. The molecule has 27 heavy (non-hydrogen) atoms. The van der Waals surface area contributed by atoms with Crippen LogP contribution in [0.3, 0.4) is 0 Å². The second-order valence-corrected chi connectivity index (χ2v) is 6.02. The minimum Gasteiger partial charge on any atom is -0.457 e. The van der Waals surface area contributed by atoms with Crippen LogP contribution < -0.4 is 15.4 Å². The van der Waals surface area contributed by atoms with Crippen molar-refractivity contribution in [3.05, 3.63) is 78.1 Å². The number of hydrogen-bond acceptors (Lipinski definition) is 3. The molecular formula is C21H25N5O. The van der Waals surface area contributed by atoms with E-state index in [4.69, 9.17) is 9.73 Å². The van der Waals surface area contributed by atoms with E-state index in [0.29, 0.717) is 13.1 Å². The zero-order chi connectivity index (χ0) is 18.9. The van der Waals surface area contributed by atoms with Gasteiger partial charge in [-0.2, -0.15) is 5.10 Å². The van der Waals surface area contributed by atoms with Gasteiger partial charge in [0.15, 0.2) is 5.96 Å². The maximum atomic E-state index is 6.01. The highest BCUT2D eigenvalue weighted by Gasteiger charge is 2.06. The maximum Gasteiger partial charge on any atom is 0.191 e. The lowest BCUT2D eigenvalue weighted by Crippen LogP contribution is -2.37. The van der Waals surface area contributed by atoms with Crippen molar-refractivity contribution in [2.24, 2.45) is 12.0 Å². The van der Waals surface area contributed by atoms with Gasteiger partial charge in [-0.1, -0.05) is 36.4 Å². The SMILES string of the molecule is CCNC(=NCc1ccccc1Oc1ccccc1)NCc1ccnn1C. The lowest BCUT2D eigenvalue weighted by molar-refractivity contribution is 0.476. The van der Waals surface area contributed by atoms with Crippen LogP contribution >= 0.6 is 0 Å². The van der Waals surface area contributed by atoms with Crippen LogP contribution in [-0.4, -0.2) is 22.3 Å². The maximum absolute atomic E-state index is 6.01. The van der Waals surface area contributed by atoms with Crippen molar-refractivity contribution in [2.75, 3.05) is 6.54 Å². The second-order valence-electron chi connectivity index (χ2n) is 6.02. The van der Waals surface area contributed by atoms with Gasteiger partial charge in [0.1, 0.15) is 11.5 Å². The lowest BCUT2D eigenvalue weighted by atomic mass is 10.2. The van der Waals surface area contributed by atoms with E-state index in [2.05, 4.69) is 15.7 Å². The predicted molar refractivity (Wildman–Crippen MR) is 108 cm³/mol. The number of aryl methyl sites for hydroxylation is 1. The fourth-order valence-corrected chi connectivity index (χ4v) is 2.60. The molecule has 0 spiro atoms. The van der Waals surface area contributed by atoms with Gasteiger partial charge in [-0.25, -0.2) is 4.99 Å². The number of rotatable bonds is 7. The van der Waals surface area contributed by atoms with E-state index >= 15 is 0 Å². The molecule has 3 aromatic rings. The van der Waals surface area contributed by atoms with E-state index in [1.54, 1.807) is 6.20 Å². The third kappa shape index (κ3) is 5.34. The van der Waals surface area contributed by atoms with Crippen LogP contribution in [0.25, 0.3) is 0 Å². The molecule has 2 aromatic carbocycles. The molecule has 0 saturated carbocycles. The van der Waals surface area contributed by atoms with E-state index in [1.165, 1.54) is 0 Å². The third-order valence-electron chi connectivity index (χ3n) is 4.05. The highest BCUT2D eigenvalue weighted by Crippen LogP contribution is 2.25. The summed E-state index contributed by atoms with van der Waals surface area (Å²) >= 11 is 0. The van der Waals surface area contributed by atoms with Crippen molar-refractivity contribution in [2.45, 2.75) is 20.0 Å². The van der Waals surface area contributed by atoms with Gasteiger partial charge in [-0.05, 0) is 31.2 Å². The van der Waals surface area contributed by atoms with Gasteiger partial charge < -0.3 is 15.4 Å². The Balaban J connectivity index is 1.69. The van der Waals surface area contributed by atoms with E-state index in [-0.39, 0.29) is 0 Å². The molecule has 0 aliphatic carbocycles. The third-order valence-corrected chi connectivity index (χ3v) is 4.05. The summed E-state index contributed by atoms with van der Waals surface area (Å²) in [5.74, 6) is 2.39. The quantitative estimate of drug-likeness (QED) is 0.498. The van der Waals surface area contributed by atoms with Crippen LogP contribution in [0.5, 0.6) is 11.5 Å². The van der Waals surface area contributed by atoms with Crippen LogP contribution in [0.15, 0.2) is 71.9 Å². The molecule has 6 heteroatoms. The Bertz CT molecular complexity index is 873. The predicted octanol–water partition coefficient (Wildman–Crippen LogP) is 3.47. The summed E-state index contributed by atoms with van der Waals surface area (Å²) in [6.45, 7) is 4.02. The molecule has 0 aliphatic heterocycles. The van der Waals surface area contributed by atoms with E-state index in [0.717, 1.165) is 35.3 Å². The average molecular weight is 363 g/mol. The Morgan fingerprint density at radius 2 is 1.81 bits per heavy atom. The zero-order valence-electron chi connectivity index (χ0n) is 15.7. The molecule has 140 valence electrons. The number of nitrogens with one attached hydrogen (secondary N) is 2. The first-order valence-corrected chi connectivity index (χ1v) is 9.06. The largest absolute Gasteiger partial charge is 0.457 e. The Morgan fingerprint density at radius 1 is 1.04 bits per heavy atom. The fourth-order valence-electron chi connectivity index (χ4n) is 2.60. The van der Waals surface area contributed by atoms with Crippen LogP contribution in [0, 0.1) is 0 Å². The first kappa shape index (κ1) is 18.5. The molecule has 0 bridgehead atoms.